The molecule has 0 aromatic rings. The van der Waals surface area contributed by atoms with Gasteiger partial charge in [0.2, 0.25) is 0 Å². The van der Waals surface area contributed by atoms with E-state index >= 15 is 0 Å². The van der Waals surface area contributed by atoms with Crippen molar-refractivity contribution in [2.75, 3.05) is 0 Å². The number of rotatable bonds is 6. The van der Waals surface area contributed by atoms with Crippen LogP contribution in [0.1, 0.15) is 39.5 Å². The van der Waals surface area contributed by atoms with Crippen molar-refractivity contribution in [2.45, 2.75) is 50.2 Å². The molecule has 0 fully saturated rings. The SMILES string of the molecule is CCC[CH2][Cu-][CH2]CCC.[Li+]. The molecule has 0 aromatic heterocycles. The summed E-state index contributed by atoms with van der Waals surface area (Å²) < 4.78 is 0. The van der Waals surface area contributed by atoms with Crippen LogP contribution in [0.5, 0.6) is 0 Å². The average Bonchev–Trinajstić information content (AvgIpc) is 1.89. The molecule has 0 saturated carbocycles. The molecule has 0 amide bonds. The Morgan fingerprint density at radius 3 is 1.60 bits per heavy atom. The van der Waals surface area contributed by atoms with E-state index in [1.54, 1.807) is 0 Å². The molecule has 10 heavy (non-hydrogen) atoms. The van der Waals surface area contributed by atoms with Gasteiger partial charge in [-0.2, -0.15) is 0 Å². The Hall–Kier alpha value is 1.12. The first-order valence-electron chi connectivity index (χ1n) is 3.84. The molecule has 0 aliphatic heterocycles. The predicted octanol–water partition coefficient (Wildman–Crippen LogP) is 0.510. The Morgan fingerprint density at radius 2 is 1.30 bits per heavy atom. The summed E-state index contributed by atoms with van der Waals surface area (Å²) in [6.07, 6.45) is 5.47. The first kappa shape index (κ1) is 13.7. The van der Waals surface area contributed by atoms with E-state index in [4.69, 9.17) is 0 Å². The van der Waals surface area contributed by atoms with Crippen molar-refractivity contribution in [3.63, 3.8) is 0 Å². The molecule has 0 nitrogen and oxygen atoms in total. The third kappa shape index (κ3) is 11.9. The molecule has 0 aliphatic rings. The Bertz CT molecular complexity index is 42.5. The van der Waals surface area contributed by atoms with Crippen molar-refractivity contribution in [1.82, 2.24) is 0 Å². The van der Waals surface area contributed by atoms with E-state index in [9.17, 15) is 0 Å². The molecule has 62 valence electrons. The molecule has 0 radical (unpaired) electrons. The van der Waals surface area contributed by atoms with Crippen LogP contribution >= 0.6 is 0 Å². The monoisotopic (exact) mass is 184 g/mol. The molecule has 0 aliphatic carbocycles. The van der Waals surface area contributed by atoms with Gasteiger partial charge in [-0.15, -0.1) is 0 Å². The molecular formula is C8H18CuLi. The molecule has 0 heterocycles. The Morgan fingerprint density at radius 1 is 0.900 bits per heavy atom. The quantitative estimate of drug-likeness (QED) is 0.417. The maximum Gasteiger partial charge on any atom is 1.00 e. The maximum atomic E-state index is 2.25. The van der Waals surface area contributed by atoms with Crippen molar-refractivity contribution in [3.05, 3.63) is 0 Å². The van der Waals surface area contributed by atoms with Gasteiger partial charge in [-0.1, -0.05) is 0 Å². The second-order valence-electron chi connectivity index (χ2n) is 2.16. The second-order valence-corrected chi connectivity index (χ2v) is 3.57. The number of hydrogen-bond donors (Lipinski definition) is 0. The first-order valence-corrected chi connectivity index (χ1v) is 5.17. The fourth-order valence-electron chi connectivity index (χ4n) is 0.439. The van der Waals surface area contributed by atoms with E-state index in [1.807, 2.05) is 0 Å². The van der Waals surface area contributed by atoms with Crippen LogP contribution in [0, 0.1) is 0 Å². The fourth-order valence-corrected chi connectivity index (χ4v) is 1.81. The van der Waals surface area contributed by atoms with Crippen LogP contribution in [0.3, 0.4) is 0 Å². The smallest absolute Gasteiger partial charge is 1.00 e. The maximum absolute atomic E-state index is 2.25. The largest absolute Gasteiger partial charge is 1.00 e. The normalized spacial score (nSPS) is 9.40. The summed E-state index contributed by atoms with van der Waals surface area (Å²) in [6.45, 7) is 4.50. The zero-order valence-electron chi connectivity index (χ0n) is 7.54. The van der Waals surface area contributed by atoms with E-state index in [2.05, 4.69) is 28.8 Å². The van der Waals surface area contributed by atoms with E-state index in [0.29, 0.717) is 0 Å². The van der Waals surface area contributed by atoms with Crippen molar-refractivity contribution in [1.29, 1.82) is 0 Å². The predicted molar refractivity (Wildman–Crippen MR) is 39.4 cm³/mol. The fraction of sp³-hybridized carbons (Fsp3) is 1.00. The van der Waals surface area contributed by atoms with Gasteiger partial charge in [0, 0.05) is 0 Å². The van der Waals surface area contributed by atoms with Crippen LogP contribution < -0.4 is 18.9 Å². The molecule has 0 N–H and O–H groups in total. The molecule has 2 heteroatoms. The van der Waals surface area contributed by atoms with Gasteiger partial charge in [0.05, 0.1) is 0 Å². The third-order valence-electron chi connectivity index (χ3n) is 1.13. The summed E-state index contributed by atoms with van der Waals surface area (Å²) in [4.78, 5) is 0. The van der Waals surface area contributed by atoms with Gasteiger partial charge in [0.25, 0.3) is 0 Å². The van der Waals surface area contributed by atoms with Gasteiger partial charge >= 0.3 is 84.0 Å². The molecule has 0 unspecified atom stereocenters. The van der Waals surface area contributed by atoms with Gasteiger partial charge in [-0.3, -0.25) is 0 Å². The summed E-state index contributed by atoms with van der Waals surface area (Å²) in [5, 5.41) is 2.72. The molecule has 0 atom stereocenters. The van der Waals surface area contributed by atoms with Crippen LogP contribution in [-0.2, 0) is 15.0 Å². The first-order chi connectivity index (χ1) is 4.41. The van der Waals surface area contributed by atoms with E-state index in [1.165, 1.54) is 36.3 Å². The van der Waals surface area contributed by atoms with Crippen molar-refractivity contribution in [3.8, 4) is 0 Å². The summed E-state index contributed by atoms with van der Waals surface area (Å²) in [5.74, 6) is 0. The summed E-state index contributed by atoms with van der Waals surface area (Å²) in [5.41, 5.74) is 0. The third-order valence-corrected chi connectivity index (χ3v) is 2.47. The molecule has 0 aromatic carbocycles. The molecule has 0 saturated heterocycles. The van der Waals surface area contributed by atoms with Crippen LogP contribution in [0.15, 0.2) is 0 Å². The van der Waals surface area contributed by atoms with Crippen LogP contribution in [0.25, 0.3) is 0 Å². The molecule has 0 bridgehead atoms. The molecule has 0 spiro atoms. The average molecular weight is 185 g/mol. The summed E-state index contributed by atoms with van der Waals surface area (Å²) in [7, 11) is 0. The Kier molecular flexibility index (Phi) is 17.5. The Balaban J connectivity index is 0. The van der Waals surface area contributed by atoms with Gasteiger partial charge in [-0.05, 0) is 0 Å². The van der Waals surface area contributed by atoms with Crippen molar-refractivity contribution < 1.29 is 33.8 Å². The summed E-state index contributed by atoms with van der Waals surface area (Å²) >= 11 is 2.18. The minimum Gasteiger partial charge on any atom is 1.00 e. The van der Waals surface area contributed by atoms with Crippen LogP contribution in [-0.4, -0.2) is 0 Å². The van der Waals surface area contributed by atoms with Crippen molar-refractivity contribution in [2.24, 2.45) is 0 Å². The zero-order chi connectivity index (χ0) is 6.95. The molecular weight excluding hydrogens is 167 g/mol. The van der Waals surface area contributed by atoms with Crippen molar-refractivity contribution >= 4 is 0 Å². The van der Waals surface area contributed by atoms with E-state index in [-0.39, 0.29) is 18.9 Å². The van der Waals surface area contributed by atoms with Gasteiger partial charge < -0.3 is 0 Å². The molecule has 0 rings (SSSR count). The Labute approximate surface area is 83.9 Å². The zero-order valence-corrected chi connectivity index (χ0v) is 8.49. The minimum absolute atomic E-state index is 0. The van der Waals surface area contributed by atoms with Gasteiger partial charge in [-0.25, -0.2) is 0 Å². The van der Waals surface area contributed by atoms with E-state index in [0.717, 1.165) is 0 Å². The van der Waals surface area contributed by atoms with Crippen LogP contribution in [0.2, 0.25) is 10.6 Å². The van der Waals surface area contributed by atoms with Gasteiger partial charge in [0.15, 0.2) is 0 Å². The number of unbranched alkanes of at least 4 members (excludes halogenated alkanes) is 2. The van der Waals surface area contributed by atoms with E-state index < -0.39 is 0 Å². The van der Waals surface area contributed by atoms with Gasteiger partial charge in [0.1, 0.15) is 0 Å². The second kappa shape index (κ2) is 12.8. The topological polar surface area (TPSA) is 0 Å². The van der Waals surface area contributed by atoms with Crippen LogP contribution in [0.4, 0.5) is 0 Å². The number of hydrogen-bond acceptors (Lipinski definition) is 0. The minimum atomic E-state index is 0. The standard InChI is InChI=1S/2C4H9.Cu.Li/c2*1-3-4-2;;/h2*1,3-4H2,2H3;;/q;;-1;+1. The summed E-state index contributed by atoms with van der Waals surface area (Å²) in [6, 6.07) is 0.